The lowest BCUT2D eigenvalue weighted by atomic mass is 9.99. The van der Waals surface area contributed by atoms with Gasteiger partial charge < -0.3 is 50.8 Å². The summed E-state index contributed by atoms with van der Waals surface area (Å²) in [5.41, 5.74) is 5.51. The van der Waals surface area contributed by atoms with Gasteiger partial charge in [0.05, 0.1) is 32.0 Å². The molecule has 0 aromatic heterocycles. The molecule has 0 radical (unpaired) electrons. The molecule has 1 heterocycles. The van der Waals surface area contributed by atoms with E-state index in [-0.39, 0.29) is 25.5 Å². The highest BCUT2D eigenvalue weighted by Gasteiger charge is 2.44. The fourth-order valence-electron chi connectivity index (χ4n) is 3.59. The number of nitrogens with one attached hydrogen (secondary N) is 1. The molecule has 0 aromatic carbocycles. The predicted molar refractivity (Wildman–Crippen MR) is 145 cm³/mol. The molecule has 0 aromatic rings. The Morgan fingerprint density at radius 3 is 2.38 bits per heavy atom. The minimum absolute atomic E-state index is 0.0131. The van der Waals surface area contributed by atoms with Crippen LogP contribution in [0.2, 0.25) is 0 Å². The van der Waals surface area contributed by atoms with Crippen molar-refractivity contribution in [3.8, 4) is 0 Å². The van der Waals surface area contributed by atoms with Gasteiger partial charge in [0, 0.05) is 24.5 Å². The molecule has 1 saturated heterocycles. The van der Waals surface area contributed by atoms with Crippen molar-refractivity contribution in [3.05, 3.63) is 0 Å². The number of hydrogen-bond acceptors (Lipinski definition) is 12. The summed E-state index contributed by atoms with van der Waals surface area (Å²) in [6.45, 7) is 6.33. The summed E-state index contributed by atoms with van der Waals surface area (Å²) in [5.74, 6) is 4.04. The fraction of sp³-hybridized carbons (Fsp3) is 0.958. The Balaban J connectivity index is 2.52. The molecule has 11 nitrogen and oxygen atoms in total. The van der Waals surface area contributed by atoms with Gasteiger partial charge >= 0.3 is 0 Å². The van der Waals surface area contributed by atoms with Crippen LogP contribution in [0.3, 0.4) is 0 Å². The van der Waals surface area contributed by atoms with E-state index in [0.717, 1.165) is 29.4 Å². The van der Waals surface area contributed by atoms with Crippen molar-refractivity contribution >= 4 is 29.4 Å². The number of aliphatic hydroxyl groups excluding tert-OH is 5. The van der Waals surface area contributed by atoms with E-state index < -0.39 is 49.0 Å². The molecule has 1 rings (SSSR count). The molecular formula is C24H48N2O9S2. The molecular weight excluding hydrogens is 524 g/mol. The van der Waals surface area contributed by atoms with Crippen LogP contribution in [-0.4, -0.2) is 130 Å². The normalized spacial score (nSPS) is 27.4. The van der Waals surface area contributed by atoms with E-state index in [4.69, 9.17) is 19.9 Å². The number of thioether (sulfide) groups is 2. The summed E-state index contributed by atoms with van der Waals surface area (Å²) >= 11 is 3.62. The van der Waals surface area contributed by atoms with Gasteiger partial charge in [0.2, 0.25) is 5.91 Å². The third-order valence-corrected chi connectivity index (χ3v) is 8.43. The average Bonchev–Trinajstić information content (AvgIpc) is 2.87. The van der Waals surface area contributed by atoms with Crippen LogP contribution in [0.25, 0.3) is 0 Å². The SMILES string of the molecule is CCCCC(=O)N[C@@H](CO[C@H]1OC(COCCSCC(C)CSCCN)[C@H](O)C(O)C1O)[C@H](O)[C@@H](C)O. The van der Waals surface area contributed by atoms with Gasteiger partial charge in [0.25, 0.3) is 0 Å². The first-order valence-corrected chi connectivity index (χ1v) is 15.3. The maximum atomic E-state index is 12.2. The zero-order valence-electron chi connectivity index (χ0n) is 22.2. The Morgan fingerprint density at radius 2 is 1.76 bits per heavy atom. The smallest absolute Gasteiger partial charge is 0.220 e. The number of unbranched alkanes of at least 4 members (excludes halogenated alkanes) is 1. The lowest BCUT2D eigenvalue weighted by Gasteiger charge is -2.40. The highest BCUT2D eigenvalue weighted by atomic mass is 32.2. The predicted octanol–water partition coefficient (Wildman–Crippen LogP) is -0.695. The van der Waals surface area contributed by atoms with Crippen molar-refractivity contribution < 1.29 is 44.5 Å². The monoisotopic (exact) mass is 572 g/mol. The molecule has 37 heavy (non-hydrogen) atoms. The molecule has 8 N–H and O–H groups in total. The van der Waals surface area contributed by atoms with E-state index in [1.165, 1.54) is 6.92 Å². The number of carbonyl (C=O) groups is 1. The fourth-order valence-corrected chi connectivity index (χ4v) is 5.51. The summed E-state index contributed by atoms with van der Waals surface area (Å²) in [6.07, 6.45) is -7.45. The molecule has 13 heteroatoms. The lowest BCUT2D eigenvalue weighted by Crippen LogP contribution is -2.60. The van der Waals surface area contributed by atoms with Gasteiger partial charge in [-0.3, -0.25) is 4.79 Å². The molecule has 4 unspecified atom stereocenters. The first-order chi connectivity index (χ1) is 17.6. The Hall–Kier alpha value is -0.190. The second-order valence-corrected chi connectivity index (χ2v) is 11.8. The summed E-state index contributed by atoms with van der Waals surface area (Å²) in [7, 11) is 0. The molecule has 1 aliphatic heterocycles. The second kappa shape index (κ2) is 19.8. The molecule has 0 bridgehead atoms. The Labute approximate surface area is 229 Å². The number of aliphatic hydroxyl groups is 5. The molecule has 1 aliphatic rings. The zero-order valence-corrected chi connectivity index (χ0v) is 23.9. The number of carbonyl (C=O) groups excluding carboxylic acids is 1. The van der Waals surface area contributed by atoms with Crippen molar-refractivity contribution in [2.24, 2.45) is 11.7 Å². The Morgan fingerprint density at radius 1 is 1.08 bits per heavy atom. The van der Waals surface area contributed by atoms with Crippen molar-refractivity contribution in [2.75, 3.05) is 49.4 Å². The molecule has 0 aliphatic carbocycles. The van der Waals surface area contributed by atoms with E-state index in [1.807, 2.05) is 18.7 Å². The third kappa shape index (κ3) is 13.6. The van der Waals surface area contributed by atoms with Gasteiger partial charge in [-0.2, -0.15) is 23.5 Å². The second-order valence-electron chi connectivity index (χ2n) is 9.48. The molecule has 220 valence electrons. The van der Waals surface area contributed by atoms with Crippen molar-refractivity contribution in [1.29, 1.82) is 0 Å². The maximum absolute atomic E-state index is 12.2. The van der Waals surface area contributed by atoms with Crippen LogP contribution in [0.1, 0.15) is 40.0 Å². The van der Waals surface area contributed by atoms with Crippen LogP contribution in [0.5, 0.6) is 0 Å². The number of rotatable bonds is 20. The van der Waals surface area contributed by atoms with E-state index >= 15 is 0 Å². The van der Waals surface area contributed by atoms with Gasteiger partial charge in [0.15, 0.2) is 6.29 Å². The van der Waals surface area contributed by atoms with Gasteiger partial charge in [-0.25, -0.2) is 0 Å². The summed E-state index contributed by atoms with van der Waals surface area (Å²) in [5, 5.41) is 53.7. The lowest BCUT2D eigenvalue weighted by molar-refractivity contribution is -0.304. The number of nitrogens with two attached hydrogens (primary N) is 1. The van der Waals surface area contributed by atoms with Crippen LogP contribution in [-0.2, 0) is 19.0 Å². The molecule has 1 fully saturated rings. The molecule has 0 saturated carbocycles. The zero-order chi connectivity index (χ0) is 27.8. The van der Waals surface area contributed by atoms with Gasteiger partial charge in [-0.1, -0.05) is 20.3 Å². The topological polar surface area (TPSA) is 184 Å². The van der Waals surface area contributed by atoms with Crippen LogP contribution >= 0.6 is 23.5 Å². The van der Waals surface area contributed by atoms with E-state index in [2.05, 4.69) is 12.2 Å². The van der Waals surface area contributed by atoms with Gasteiger partial charge in [-0.15, -0.1) is 0 Å². The van der Waals surface area contributed by atoms with Gasteiger partial charge in [0.1, 0.15) is 30.5 Å². The highest BCUT2D eigenvalue weighted by molar-refractivity contribution is 8.00. The Bertz CT molecular complexity index is 609. The molecule has 1 amide bonds. The highest BCUT2D eigenvalue weighted by Crippen LogP contribution is 2.23. The largest absolute Gasteiger partial charge is 0.391 e. The minimum Gasteiger partial charge on any atom is -0.391 e. The van der Waals surface area contributed by atoms with Crippen molar-refractivity contribution in [3.63, 3.8) is 0 Å². The molecule has 0 spiro atoms. The first kappa shape index (κ1) is 34.8. The third-order valence-electron chi connectivity index (χ3n) is 5.84. The van der Waals surface area contributed by atoms with E-state index in [9.17, 15) is 30.3 Å². The maximum Gasteiger partial charge on any atom is 0.220 e. The summed E-state index contributed by atoms with van der Waals surface area (Å²) in [6, 6.07) is -0.966. The summed E-state index contributed by atoms with van der Waals surface area (Å²) in [4.78, 5) is 12.2. The number of amides is 1. The summed E-state index contributed by atoms with van der Waals surface area (Å²) < 4.78 is 16.9. The van der Waals surface area contributed by atoms with E-state index in [1.54, 1.807) is 11.8 Å². The number of hydrogen-bond donors (Lipinski definition) is 7. The van der Waals surface area contributed by atoms with Crippen molar-refractivity contribution in [1.82, 2.24) is 5.32 Å². The first-order valence-electron chi connectivity index (χ1n) is 13.0. The standard InChI is InChI=1S/C24H48N2O9S2/c1-4-5-6-19(28)26-17(20(29)16(3)27)11-34-24-23(32)22(31)21(30)18(35-24)12-33-8-10-37-14-15(2)13-36-9-7-25/h15-18,20-24,27,29-32H,4-14,25H2,1-3H3,(H,26,28)/t15?,16-,17+,18?,20-,21+,22?,23?,24+/m1/s1. The quantitative estimate of drug-likeness (QED) is 0.0912. The molecule has 9 atom stereocenters. The van der Waals surface area contributed by atoms with Crippen molar-refractivity contribution in [2.45, 2.75) is 89.0 Å². The van der Waals surface area contributed by atoms with Crippen LogP contribution < -0.4 is 11.1 Å². The Kier molecular flexibility index (Phi) is 18.6. The van der Waals surface area contributed by atoms with Gasteiger partial charge in [-0.05, 0) is 30.8 Å². The van der Waals surface area contributed by atoms with Crippen LogP contribution in [0.15, 0.2) is 0 Å². The van der Waals surface area contributed by atoms with Crippen LogP contribution in [0, 0.1) is 5.92 Å². The van der Waals surface area contributed by atoms with E-state index in [0.29, 0.717) is 25.5 Å². The average molecular weight is 573 g/mol. The van der Waals surface area contributed by atoms with Crippen LogP contribution in [0.4, 0.5) is 0 Å². The minimum atomic E-state index is -1.56. The number of ether oxygens (including phenoxy) is 3.